The zero-order valence-corrected chi connectivity index (χ0v) is 17.7. The first-order valence-electron chi connectivity index (χ1n) is 8.75. The van der Waals surface area contributed by atoms with Crippen molar-refractivity contribution in [3.05, 3.63) is 86.0 Å². The fourth-order valence-corrected chi connectivity index (χ4v) is 3.35. The van der Waals surface area contributed by atoms with Gasteiger partial charge in [-0.25, -0.2) is 9.07 Å². The molecule has 0 aliphatic heterocycles. The van der Waals surface area contributed by atoms with E-state index in [4.69, 9.17) is 4.74 Å². The number of para-hydroxylation sites is 1. The summed E-state index contributed by atoms with van der Waals surface area (Å²) in [5.74, 6) is -0.451. The maximum absolute atomic E-state index is 14.2. The lowest BCUT2D eigenvalue weighted by molar-refractivity contribution is 0.0775. The third-order valence-corrected chi connectivity index (χ3v) is 4.88. The smallest absolute Gasteiger partial charge is 0.278 e. The molecule has 0 radical (unpaired) electrons. The molecule has 0 fully saturated rings. The number of rotatable bonds is 5. The summed E-state index contributed by atoms with van der Waals surface area (Å²) >= 11 is 3.40. The van der Waals surface area contributed by atoms with E-state index < -0.39 is 17.2 Å². The number of ether oxygens (including phenoxy) is 1. The first kappa shape index (κ1) is 20.7. The van der Waals surface area contributed by atoms with Crippen molar-refractivity contribution < 1.29 is 13.9 Å². The summed E-state index contributed by atoms with van der Waals surface area (Å²) in [6, 6.07) is 12.8. The Hall–Kier alpha value is -3.00. The molecule has 0 N–H and O–H groups in total. The van der Waals surface area contributed by atoms with Gasteiger partial charge in [-0.15, -0.1) is 0 Å². The number of benzene rings is 2. The van der Waals surface area contributed by atoms with Crippen molar-refractivity contribution >= 4 is 21.8 Å². The van der Waals surface area contributed by atoms with E-state index in [0.717, 1.165) is 10.0 Å². The molecule has 0 unspecified atom stereocenters. The van der Waals surface area contributed by atoms with Crippen molar-refractivity contribution in [3.8, 4) is 11.4 Å². The summed E-state index contributed by atoms with van der Waals surface area (Å²) in [7, 11) is 3.11. The van der Waals surface area contributed by atoms with Crippen molar-refractivity contribution in [1.29, 1.82) is 0 Å². The van der Waals surface area contributed by atoms with Gasteiger partial charge in [0.25, 0.3) is 5.91 Å². The first-order valence-corrected chi connectivity index (χ1v) is 9.55. The maximum Gasteiger partial charge on any atom is 0.278 e. The van der Waals surface area contributed by atoms with E-state index in [0.29, 0.717) is 11.4 Å². The lowest BCUT2D eigenvalue weighted by Gasteiger charge is -2.19. The van der Waals surface area contributed by atoms with Gasteiger partial charge in [0.05, 0.1) is 7.11 Å². The zero-order chi connectivity index (χ0) is 21.1. The monoisotopic (exact) mass is 459 g/mol. The molecule has 0 aliphatic carbocycles. The Morgan fingerprint density at radius 1 is 1.24 bits per heavy atom. The molecule has 8 heteroatoms. The quantitative estimate of drug-likeness (QED) is 0.583. The Kier molecular flexibility index (Phi) is 6.12. The van der Waals surface area contributed by atoms with E-state index >= 15 is 0 Å². The van der Waals surface area contributed by atoms with Gasteiger partial charge in [-0.3, -0.25) is 9.59 Å². The summed E-state index contributed by atoms with van der Waals surface area (Å²) in [5.41, 5.74) is 0.547. The van der Waals surface area contributed by atoms with Crippen molar-refractivity contribution in [3.63, 3.8) is 0 Å². The van der Waals surface area contributed by atoms with Crippen LogP contribution in [0.1, 0.15) is 21.7 Å². The lowest BCUT2D eigenvalue weighted by Crippen LogP contribution is -2.33. The molecule has 6 nitrogen and oxygen atoms in total. The van der Waals surface area contributed by atoms with Crippen LogP contribution in [-0.4, -0.2) is 34.7 Å². The molecule has 1 aromatic heterocycles. The minimum Gasteiger partial charge on any atom is -0.496 e. The molecule has 0 aliphatic rings. The number of carbonyl (C=O) groups excluding carboxylic acids is 1. The van der Waals surface area contributed by atoms with Crippen LogP contribution in [0.2, 0.25) is 0 Å². The number of aromatic nitrogens is 2. The zero-order valence-electron chi connectivity index (χ0n) is 16.1. The van der Waals surface area contributed by atoms with Crippen LogP contribution >= 0.6 is 15.9 Å². The molecule has 0 spiro atoms. The largest absolute Gasteiger partial charge is 0.496 e. The number of aryl methyl sites for hydroxylation is 1. The second-order valence-corrected chi connectivity index (χ2v) is 7.39. The Labute approximate surface area is 175 Å². The van der Waals surface area contributed by atoms with E-state index in [1.165, 1.54) is 27.8 Å². The fourth-order valence-electron chi connectivity index (χ4n) is 2.94. The summed E-state index contributed by atoms with van der Waals surface area (Å²) in [6.45, 7) is 1.83. The number of carbonyl (C=O) groups is 1. The van der Waals surface area contributed by atoms with Crippen LogP contribution in [0.4, 0.5) is 4.39 Å². The highest BCUT2D eigenvalue weighted by molar-refractivity contribution is 9.10. The number of hydrogen-bond acceptors (Lipinski definition) is 4. The molecule has 0 bridgehead atoms. The van der Waals surface area contributed by atoms with Crippen LogP contribution in [0.3, 0.4) is 0 Å². The molecule has 0 atom stereocenters. The molecule has 29 heavy (non-hydrogen) atoms. The molecule has 0 saturated carbocycles. The number of hydrogen-bond donors (Lipinski definition) is 0. The van der Waals surface area contributed by atoms with E-state index in [1.807, 2.05) is 12.1 Å². The number of amides is 1. The second kappa shape index (κ2) is 8.57. The Morgan fingerprint density at radius 3 is 2.66 bits per heavy atom. The van der Waals surface area contributed by atoms with E-state index in [9.17, 15) is 14.0 Å². The molecular weight excluding hydrogens is 441 g/mol. The highest BCUT2D eigenvalue weighted by Crippen LogP contribution is 2.24. The normalized spacial score (nSPS) is 10.7. The van der Waals surface area contributed by atoms with Gasteiger partial charge < -0.3 is 9.64 Å². The predicted octanol–water partition coefficient (Wildman–Crippen LogP) is 3.72. The summed E-state index contributed by atoms with van der Waals surface area (Å²) in [5, 5.41) is 4.16. The SMILES string of the molecule is COc1ccc(Br)cc1CN(C)C(=O)c1nn(-c2ccccc2F)c(C)cc1=O. The lowest BCUT2D eigenvalue weighted by atomic mass is 10.2. The molecule has 3 aromatic rings. The van der Waals surface area contributed by atoms with Crippen LogP contribution in [0, 0.1) is 12.7 Å². The highest BCUT2D eigenvalue weighted by atomic mass is 79.9. The van der Waals surface area contributed by atoms with Crippen molar-refractivity contribution in [2.45, 2.75) is 13.5 Å². The Balaban J connectivity index is 1.97. The second-order valence-electron chi connectivity index (χ2n) is 6.48. The van der Waals surface area contributed by atoms with Crippen molar-refractivity contribution in [1.82, 2.24) is 14.7 Å². The van der Waals surface area contributed by atoms with Crippen LogP contribution in [0.15, 0.2) is 57.8 Å². The third kappa shape index (κ3) is 4.37. The van der Waals surface area contributed by atoms with Crippen molar-refractivity contribution in [2.75, 3.05) is 14.2 Å². The topological polar surface area (TPSA) is 64.4 Å². The van der Waals surface area contributed by atoms with Gasteiger partial charge in [0.2, 0.25) is 5.43 Å². The summed E-state index contributed by atoms with van der Waals surface area (Å²) in [6.07, 6.45) is 0. The van der Waals surface area contributed by atoms with Gasteiger partial charge in [-0.2, -0.15) is 5.10 Å². The fraction of sp³-hybridized carbons (Fsp3) is 0.190. The average molecular weight is 460 g/mol. The number of halogens is 2. The van der Waals surface area contributed by atoms with E-state index in [1.54, 1.807) is 39.3 Å². The molecule has 1 heterocycles. The molecule has 0 saturated heterocycles. The van der Waals surface area contributed by atoms with E-state index in [-0.39, 0.29) is 17.9 Å². The van der Waals surface area contributed by atoms with Crippen LogP contribution in [0.5, 0.6) is 5.75 Å². The van der Waals surface area contributed by atoms with Gasteiger partial charge in [-0.1, -0.05) is 28.1 Å². The molecule has 3 rings (SSSR count). The third-order valence-electron chi connectivity index (χ3n) is 4.39. The van der Waals surface area contributed by atoms with E-state index in [2.05, 4.69) is 21.0 Å². The molecule has 150 valence electrons. The standard InChI is InChI=1S/C21H19BrFN3O3/c1-13-10-18(27)20(24-26(13)17-7-5-4-6-16(17)23)21(28)25(2)12-14-11-15(22)8-9-19(14)29-3/h4-11H,12H2,1-3H3. The Bertz CT molecular complexity index is 1130. The minimum atomic E-state index is -0.567. The summed E-state index contributed by atoms with van der Waals surface area (Å²) < 4.78 is 21.6. The van der Waals surface area contributed by atoms with Crippen LogP contribution in [-0.2, 0) is 6.54 Å². The van der Waals surface area contributed by atoms with Gasteiger partial charge in [0.15, 0.2) is 5.69 Å². The minimum absolute atomic E-state index is 0.162. The predicted molar refractivity (Wildman–Crippen MR) is 111 cm³/mol. The van der Waals surface area contributed by atoms with Gasteiger partial charge in [-0.05, 0) is 37.3 Å². The van der Waals surface area contributed by atoms with Crippen LogP contribution in [0.25, 0.3) is 5.69 Å². The van der Waals surface area contributed by atoms with Gasteiger partial charge in [0.1, 0.15) is 17.3 Å². The van der Waals surface area contributed by atoms with Crippen LogP contribution < -0.4 is 10.2 Å². The molecular formula is C21H19BrFN3O3. The Morgan fingerprint density at radius 2 is 1.97 bits per heavy atom. The first-order chi connectivity index (χ1) is 13.8. The number of nitrogens with zero attached hydrogens (tertiary/aromatic N) is 3. The molecule has 1 amide bonds. The molecule has 2 aromatic carbocycles. The van der Waals surface area contributed by atoms with Crippen molar-refractivity contribution in [2.24, 2.45) is 0 Å². The van der Waals surface area contributed by atoms with Gasteiger partial charge >= 0.3 is 0 Å². The summed E-state index contributed by atoms with van der Waals surface area (Å²) in [4.78, 5) is 26.7. The average Bonchev–Trinajstić information content (AvgIpc) is 2.68. The highest BCUT2D eigenvalue weighted by Gasteiger charge is 2.21. The number of methoxy groups -OCH3 is 1. The maximum atomic E-state index is 14.2. The van der Waals surface area contributed by atoms with Gasteiger partial charge in [0, 0.05) is 35.4 Å².